The van der Waals surface area contributed by atoms with Gasteiger partial charge in [-0.1, -0.05) is 18.5 Å². The first-order chi connectivity index (χ1) is 9.47. The SMILES string of the molecule is CCNC(C)CC(=O)Nc1cc(Cl)ccc1C(=O)OC. The van der Waals surface area contributed by atoms with Crippen LogP contribution in [0.3, 0.4) is 0 Å². The molecule has 5 nitrogen and oxygen atoms in total. The second-order valence-electron chi connectivity index (χ2n) is 4.39. The minimum Gasteiger partial charge on any atom is -0.465 e. The summed E-state index contributed by atoms with van der Waals surface area (Å²) in [6.45, 7) is 4.68. The largest absolute Gasteiger partial charge is 0.465 e. The number of ether oxygens (including phenoxy) is 1. The molecule has 1 rings (SSSR count). The van der Waals surface area contributed by atoms with E-state index in [0.29, 0.717) is 17.1 Å². The molecule has 0 saturated carbocycles. The van der Waals surface area contributed by atoms with E-state index in [1.165, 1.54) is 19.2 Å². The van der Waals surface area contributed by atoms with Crippen LogP contribution in [0.25, 0.3) is 0 Å². The number of halogens is 1. The first-order valence-electron chi connectivity index (χ1n) is 6.39. The molecule has 1 unspecified atom stereocenters. The second kappa shape index (κ2) is 7.87. The molecule has 0 aliphatic heterocycles. The third-order valence-electron chi connectivity index (χ3n) is 2.71. The lowest BCUT2D eigenvalue weighted by atomic mass is 10.1. The fraction of sp³-hybridized carbons (Fsp3) is 0.429. The van der Waals surface area contributed by atoms with E-state index in [2.05, 4.69) is 15.4 Å². The van der Waals surface area contributed by atoms with Gasteiger partial charge >= 0.3 is 5.97 Å². The number of esters is 1. The summed E-state index contributed by atoms with van der Waals surface area (Å²) < 4.78 is 4.67. The van der Waals surface area contributed by atoms with Crippen LogP contribution in [0.1, 0.15) is 30.6 Å². The van der Waals surface area contributed by atoms with Gasteiger partial charge < -0.3 is 15.4 Å². The standard InChI is InChI=1S/C14H19ClN2O3/c1-4-16-9(2)7-13(18)17-12-8-10(15)5-6-11(12)14(19)20-3/h5-6,8-9,16H,4,7H2,1-3H3,(H,17,18). The number of anilines is 1. The Hall–Kier alpha value is -1.59. The van der Waals surface area contributed by atoms with Crippen molar-refractivity contribution in [3.05, 3.63) is 28.8 Å². The summed E-state index contributed by atoms with van der Waals surface area (Å²) in [6, 6.07) is 4.69. The summed E-state index contributed by atoms with van der Waals surface area (Å²) in [6.07, 6.45) is 0.307. The van der Waals surface area contributed by atoms with E-state index >= 15 is 0 Å². The Morgan fingerprint density at radius 2 is 2.10 bits per heavy atom. The molecule has 0 aromatic heterocycles. The Labute approximate surface area is 123 Å². The van der Waals surface area contributed by atoms with Crippen LogP contribution in [-0.4, -0.2) is 31.6 Å². The minimum absolute atomic E-state index is 0.0563. The summed E-state index contributed by atoms with van der Waals surface area (Å²) in [5.74, 6) is -0.706. The minimum atomic E-state index is -0.517. The van der Waals surface area contributed by atoms with Gasteiger partial charge in [-0.15, -0.1) is 0 Å². The lowest BCUT2D eigenvalue weighted by Crippen LogP contribution is -2.30. The molecule has 1 amide bonds. The zero-order valence-corrected chi connectivity index (χ0v) is 12.6. The van der Waals surface area contributed by atoms with Gasteiger partial charge in [-0.05, 0) is 31.7 Å². The number of carbonyl (C=O) groups excluding carboxylic acids is 2. The van der Waals surface area contributed by atoms with Gasteiger partial charge in [0.1, 0.15) is 0 Å². The van der Waals surface area contributed by atoms with Gasteiger partial charge in [0.15, 0.2) is 0 Å². The Bertz CT molecular complexity index is 491. The topological polar surface area (TPSA) is 67.4 Å². The number of methoxy groups -OCH3 is 1. The smallest absolute Gasteiger partial charge is 0.339 e. The molecule has 0 spiro atoms. The Morgan fingerprint density at radius 1 is 1.40 bits per heavy atom. The van der Waals surface area contributed by atoms with Crippen LogP contribution in [0.5, 0.6) is 0 Å². The molecule has 1 aromatic rings. The van der Waals surface area contributed by atoms with Crippen molar-refractivity contribution in [1.29, 1.82) is 0 Å². The summed E-state index contributed by atoms with van der Waals surface area (Å²) in [7, 11) is 1.29. The Morgan fingerprint density at radius 3 is 2.70 bits per heavy atom. The van der Waals surface area contributed by atoms with E-state index in [4.69, 9.17) is 11.6 Å². The van der Waals surface area contributed by atoms with Crippen LogP contribution < -0.4 is 10.6 Å². The van der Waals surface area contributed by atoms with Gasteiger partial charge in [-0.2, -0.15) is 0 Å². The monoisotopic (exact) mass is 298 g/mol. The Balaban J connectivity index is 2.82. The quantitative estimate of drug-likeness (QED) is 0.792. The van der Waals surface area contributed by atoms with Crippen molar-refractivity contribution >= 4 is 29.2 Å². The van der Waals surface area contributed by atoms with Crippen LogP contribution in [0.4, 0.5) is 5.69 Å². The van der Waals surface area contributed by atoms with Crippen molar-refractivity contribution in [3.63, 3.8) is 0 Å². The summed E-state index contributed by atoms with van der Waals surface area (Å²) in [5, 5.41) is 6.27. The molecule has 6 heteroatoms. The molecule has 2 N–H and O–H groups in total. The maximum Gasteiger partial charge on any atom is 0.339 e. The first-order valence-corrected chi connectivity index (χ1v) is 6.76. The van der Waals surface area contributed by atoms with E-state index in [1.54, 1.807) is 6.07 Å². The van der Waals surface area contributed by atoms with Crippen LogP contribution >= 0.6 is 11.6 Å². The van der Waals surface area contributed by atoms with Crippen molar-refractivity contribution in [3.8, 4) is 0 Å². The van der Waals surface area contributed by atoms with Crippen molar-refractivity contribution < 1.29 is 14.3 Å². The van der Waals surface area contributed by atoms with Gasteiger partial charge in [0.25, 0.3) is 0 Å². The van der Waals surface area contributed by atoms with Gasteiger partial charge in [0, 0.05) is 17.5 Å². The third-order valence-corrected chi connectivity index (χ3v) is 2.94. The normalized spacial score (nSPS) is 11.8. The molecule has 0 heterocycles. The highest BCUT2D eigenvalue weighted by molar-refractivity contribution is 6.31. The molecule has 110 valence electrons. The number of amides is 1. The lowest BCUT2D eigenvalue weighted by molar-refractivity contribution is -0.116. The molecule has 1 atom stereocenters. The number of carbonyl (C=O) groups is 2. The van der Waals surface area contributed by atoms with Crippen LogP contribution in [0.15, 0.2) is 18.2 Å². The highest BCUT2D eigenvalue weighted by Crippen LogP contribution is 2.22. The van der Waals surface area contributed by atoms with Gasteiger partial charge in [0.2, 0.25) is 5.91 Å². The number of benzene rings is 1. The highest BCUT2D eigenvalue weighted by atomic mass is 35.5. The molecule has 0 fully saturated rings. The number of rotatable bonds is 6. The maximum absolute atomic E-state index is 11.9. The predicted molar refractivity (Wildman–Crippen MR) is 79.2 cm³/mol. The lowest BCUT2D eigenvalue weighted by Gasteiger charge is -2.14. The maximum atomic E-state index is 11.9. The number of hydrogen-bond acceptors (Lipinski definition) is 4. The summed E-state index contributed by atoms with van der Waals surface area (Å²) in [5.41, 5.74) is 0.638. The highest BCUT2D eigenvalue weighted by Gasteiger charge is 2.15. The Kier molecular flexibility index (Phi) is 6.48. The van der Waals surface area contributed by atoms with E-state index in [-0.39, 0.29) is 17.5 Å². The molecule has 20 heavy (non-hydrogen) atoms. The van der Waals surface area contributed by atoms with E-state index in [0.717, 1.165) is 6.54 Å². The number of nitrogens with one attached hydrogen (secondary N) is 2. The zero-order chi connectivity index (χ0) is 15.1. The van der Waals surface area contributed by atoms with Crippen molar-refractivity contribution in [2.45, 2.75) is 26.3 Å². The number of hydrogen-bond donors (Lipinski definition) is 2. The summed E-state index contributed by atoms with van der Waals surface area (Å²) >= 11 is 5.89. The van der Waals surface area contributed by atoms with E-state index < -0.39 is 5.97 Å². The van der Waals surface area contributed by atoms with Crippen LogP contribution in [0.2, 0.25) is 5.02 Å². The van der Waals surface area contributed by atoms with Crippen LogP contribution in [0, 0.1) is 0 Å². The molecule has 0 bridgehead atoms. The summed E-state index contributed by atoms with van der Waals surface area (Å²) in [4.78, 5) is 23.5. The predicted octanol–water partition coefficient (Wildman–Crippen LogP) is 2.45. The molecule has 1 aromatic carbocycles. The van der Waals surface area contributed by atoms with Gasteiger partial charge in [-0.25, -0.2) is 4.79 Å². The average molecular weight is 299 g/mol. The van der Waals surface area contributed by atoms with Gasteiger partial charge in [0.05, 0.1) is 18.4 Å². The fourth-order valence-corrected chi connectivity index (χ4v) is 1.98. The molecule has 0 radical (unpaired) electrons. The second-order valence-corrected chi connectivity index (χ2v) is 4.83. The van der Waals surface area contributed by atoms with E-state index in [9.17, 15) is 9.59 Å². The zero-order valence-electron chi connectivity index (χ0n) is 11.8. The molecule has 0 aliphatic carbocycles. The molecule has 0 aliphatic rings. The van der Waals surface area contributed by atoms with E-state index in [1.807, 2.05) is 13.8 Å². The third kappa shape index (κ3) is 4.83. The average Bonchev–Trinajstić information content (AvgIpc) is 2.38. The molecular formula is C14H19ClN2O3. The van der Waals surface area contributed by atoms with Crippen molar-refractivity contribution in [2.75, 3.05) is 19.0 Å². The molecule has 0 saturated heterocycles. The molecular weight excluding hydrogens is 280 g/mol. The first kappa shape index (κ1) is 16.5. The van der Waals surface area contributed by atoms with Crippen molar-refractivity contribution in [1.82, 2.24) is 5.32 Å². The van der Waals surface area contributed by atoms with Gasteiger partial charge in [-0.3, -0.25) is 4.79 Å². The van der Waals surface area contributed by atoms with Crippen LogP contribution in [-0.2, 0) is 9.53 Å². The fourth-order valence-electron chi connectivity index (χ4n) is 1.81. The van der Waals surface area contributed by atoms with Crippen molar-refractivity contribution in [2.24, 2.45) is 0 Å².